The third-order valence-electron chi connectivity index (χ3n) is 3.52. The third kappa shape index (κ3) is 3.66. The van der Waals surface area contributed by atoms with Gasteiger partial charge in [-0.1, -0.05) is 0 Å². The molecule has 0 fully saturated rings. The summed E-state index contributed by atoms with van der Waals surface area (Å²) in [7, 11) is 1.73. The zero-order chi connectivity index (χ0) is 15.2. The van der Waals surface area contributed by atoms with Crippen LogP contribution in [0.4, 0.5) is 0 Å². The molecule has 0 aromatic carbocycles. The van der Waals surface area contributed by atoms with Crippen LogP contribution in [0.25, 0.3) is 5.65 Å². The zero-order valence-corrected chi connectivity index (χ0v) is 12.6. The monoisotopic (exact) mass is 297 g/mol. The van der Waals surface area contributed by atoms with Crippen LogP contribution in [0.3, 0.4) is 0 Å². The van der Waals surface area contributed by atoms with E-state index in [2.05, 4.69) is 32.1 Å². The molecule has 0 aliphatic heterocycles. The average molecular weight is 297 g/mol. The van der Waals surface area contributed by atoms with Crippen LogP contribution < -0.4 is 0 Å². The van der Waals surface area contributed by atoms with Crippen LogP contribution in [-0.2, 0) is 17.8 Å². The maximum atomic E-state index is 5.23. The van der Waals surface area contributed by atoms with Crippen molar-refractivity contribution in [1.29, 1.82) is 0 Å². The lowest BCUT2D eigenvalue weighted by atomic mass is 10.2. The van der Waals surface area contributed by atoms with E-state index in [9.17, 15) is 0 Å². The van der Waals surface area contributed by atoms with E-state index in [1.54, 1.807) is 18.0 Å². The Kier molecular flexibility index (Phi) is 4.72. The lowest BCUT2D eigenvalue weighted by Crippen LogP contribution is -2.26. The molecule has 0 radical (unpaired) electrons. The second-order valence-corrected chi connectivity index (χ2v) is 5.16. The molecule has 0 bridgehead atoms. The number of ether oxygens (including phenoxy) is 1. The number of fused-ring (bicyclic) bond motifs is 1. The molecule has 0 amide bonds. The molecule has 0 N–H and O–H groups in total. The molecule has 22 heavy (non-hydrogen) atoms. The second-order valence-electron chi connectivity index (χ2n) is 5.16. The van der Waals surface area contributed by atoms with E-state index >= 15 is 0 Å². The fraction of sp³-hybridized carbons (Fsp3) is 0.312. The molecular weight excluding hydrogens is 278 g/mol. The lowest BCUT2D eigenvalue weighted by Gasteiger charge is -2.22. The van der Waals surface area contributed by atoms with Crippen molar-refractivity contribution in [3.8, 4) is 0 Å². The van der Waals surface area contributed by atoms with E-state index in [0.717, 1.165) is 25.3 Å². The van der Waals surface area contributed by atoms with E-state index in [-0.39, 0.29) is 0 Å². The predicted molar refractivity (Wildman–Crippen MR) is 83.2 cm³/mol. The summed E-state index contributed by atoms with van der Waals surface area (Å²) in [4.78, 5) is 10.6. The Hall–Kier alpha value is -2.31. The van der Waals surface area contributed by atoms with Gasteiger partial charge >= 0.3 is 0 Å². The van der Waals surface area contributed by atoms with Crippen molar-refractivity contribution in [2.75, 3.05) is 20.3 Å². The van der Waals surface area contributed by atoms with E-state index in [4.69, 9.17) is 4.74 Å². The van der Waals surface area contributed by atoms with Gasteiger partial charge < -0.3 is 4.74 Å². The van der Waals surface area contributed by atoms with Crippen molar-refractivity contribution >= 4 is 5.65 Å². The zero-order valence-electron chi connectivity index (χ0n) is 12.6. The molecule has 114 valence electrons. The number of nitrogens with zero attached hydrogens (tertiary/aromatic N) is 5. The minimum atomic E-state index is 0.707. The molecular formula is C16H19N5O. The van der Waals surface area contributed by atoms with Gasteiger partial charge in [0, 0.05) is 45.3 Å². The van der Waals surface area contributed by atoms with Gasteiger partial charge in [0.1, 0.15) is 6.33 Å². The van der Waals surface area contributed by atoms with Gasteiger partial charge in [-0.3, -0.25) is 9.88 Å². The number of hydrogen-bond donors (Lipinski definition) is 0. The summed E-state index contributed by atoms with van der Waals surface area (Å²) in [6.07, 6.45) is 7.16. The average Bonchev–Trinajstić information content (AvgIpc) is 3.01. The Morgan fingerprint density at radius 3 is 2.77 bits per heavy atom. The first-order chi connectivity index (χ1) is 10.8. The van der Waals surface area contributed by atoms with Gasteiger partial charge in [0.05, 0.1) is 6.61 Å². The van der Waals surface area contributed by atoms with Crippen LogP contribution in [0, 0.1) is 0 Å². The van der Waals surface area contributed by atoms with Gasteiger partial charge in [-0.05, 0) is 35.4 Å². The first-order valence-electron chi connectivity index (χ1n) is 7.23. The number of pyridine rings is 2. The minimum absolute atomic E-state index is 0.707. The normalized spacial score (nSPS) is 11.4. The Labute approximate surface area is 129 Å². The molecule has 0 unspecified atom stereocenters. The van der Waals surface area contributed by atoms with Gasteiger partial charge in [0.15, 0.2) is 5.65 Å². The highest BCUT2D eigenvalue weighted by Gasteiger charge is 2.08. The molecule has 3 rings (SSSR count). The summed E-state index contributed by atoms with van der Waals surface area (Å²) >= 11 is 0. The SMILES string of the molecule is COCCN(Cc1ccncc1)Cc1ccn2ncnc2c1. The van der Waals surface area contributed by atoms with Crippen LogP contribution in [0.2, 0.25) is 0 Å². The molecule has 3 aromatic heterocycles. The van der Waals surface area contributed by atoms with Gasteiger partial charge in [-0.2, -0.15) is 5.10 Å². The third-order valence-corrected chi connectivity index (χ3v) is 3.52. The quantitative estimate of drug-likeness (QED) is 0.665. The Morgan fingerprint density at radius 1 is 1.14 bits per heavy atom. The maximum Gasteiger partial charge on any atom is 0.155 e. The first kappa shape index (κ1) is 14.6. The maximum absolute atomic E-state index is 5.23. The van der Waals surface area contributed by atoms with E-state index in [1.807, 2.05) is 30.7 Å². The standard InChI is InChI=1S/C16H19N5O/c1-22-9-8-20(11-14-2-5-17-6-3-14)12-15-4-7-21-16(10-15)18-13-19-21/h2-7,10,13H,8-9,11-12H2,1H3. The molecule has 0 spiro atoms. The molecule has 0 aliphatic rings. The number of aromatic nitrogens is 4. The molecule has 6 heteroatoms. The van der Waals surface area contributed by atoms with E-state index in [1.165, 1.54) is 11.1 Å². The fourth-order valence-corrected chi connectivity index (χ4v) is 2.39. The van der Waals surface area contributed by atoms with E-state index in [0.29, 0.717) is 6.61 Å². The van der Waals surface area contributed by atoms with Gasteiger partial charge in [-0.15, -0.1) is 0 Å². The van der Waals surface area contributed by atoms with Crippen molar-refractivity contribution in [3.63, 3.8) is 0 Å². The van der Waals surface area contributed by atoms with Crippen molar-refractivity contribution < 1.29 is 4.74 Å². The summed E-state index contributed by atoms with van der Waals surface area (Å²) in [6, 6.07) is 8.23. The molecule has 0 saturated carbocycles. The smallest absolute Gasteiger partial charge is 0.155 e. The van der Waals surface area contributed by atoms with E-state index < -0.39 is 0 Å². The Morgan fingerprint density at radius 2 is 1.95 bits per heavy atom. The van der Waals surface area contributed by atoms with Gasteiger partial charge in [0.2, 0.25) is 0 Å². The van der Waals surface area contributed by atoms with Crippen molar-refractivity contribution in [2.24, 2.45) is 0 Å². The van der Waals surface area contributed by atoms with Crippen LogP contribution in [0.15, 0.2) is 49.2 Å². The highest BCUT2D eigenvalue weighted by atomic mass is 16.5. The number of hydrogen-bond acceptors (Lipinski definition) is 5. The lowest BCUT2D eigenvalue weighted by molar-refractivity contribution is 0.140. The van der Waals surface area contributed by atoms with Crippen LogP contribution in [0.5, 0.6) is 0 Å². The molecule has 3 heterocycles. The largest absolute Gasteiger partial charge is 0.383 e. The summed E-state index contributed by atoms with van der Waals surface area (Å²) in [5.41, 5.74) is 3.33. The Balaban J connectivity index is 1.73. The van der Waals surface area contributed by atoms with Crippen LogP contribution in [0.1, 0.15) is 11.1 Å². The van der Waals surface area contributed by atoms with Crippen LogP contribution >= 0.6 is 0 Å². The topological polar surface area (TPSA) is 55.5 Å². The number of rotatable bonds is 7. The van der Waals surface area contributed by atoms with Gasteiger partial charge in [-0.25, -0.2) is 9.50 Å². The van der Waals surface area contributed by atoms with Crippen molar-refractivity contribution in [1.82, 2.24) is 24.5 Å². The highest BCUT2D eigenvalue weighted by molar-refractivity contribution is 5.39. The van der Waals surface area contributed by atoms with Crippen molar-refractivity contribution in [3.05, 3.63) is 60.3 Å². The highest BCUT2D eigenvalue weighted by Crippen LogP contribution is 2.11. The van der Waals surface area contributed by atoms with Crippen LogP contribution in [-0.4, -0.2) is 44.7 Å². The first-order valence-corrected chi connectivity index (χ1v) is 7.23. The Bertz CT molecular complexity index is 713. The number of methoxy groups -OCH3 is 1. The van der Waals surface area contributed by atoms with Gasteiger partial charge in [0.25, 0.3) is 0 Å². The summed E-state index contributed by atoms with van der Waals surface area (Å²) in [5, 5.41) is 4.12. The molecule has 0 atom stereocenters. The summed E-state index contributed by atoms with van der Waals surface area (Å²) < 4.78 is 6.99. The summed E-state index contributed by atoms with van der Waals surface area (Å²) in [6.45, 7) is 3.29. The molecule has 6 nitrogen and oxygen atoms in total. The van der Waals surface area contributed by atoms with Crippen molar-refractivity contribution in [2.45, 2.75) is 13.1 Å². The second kappa shape index (κ2) is 7.11. The minimum Gasteiger partial charge on any atom is -0.383 e. The summed E-state index contributed by atoms with van der Waals surface area (Å²) in [5.74, 6) is 0. The molecule has 0 saturated heterocycles. The fourth-order valence-electron chi connectivity index (χ4n) is 2.39. The molecule has 3 aromatic rings. The molecule has 0 aliphatic carbocycles. The predicted octanol–water partition coefficient (Wildman–Crippen LogP) is 1.77.